The average molecular weight is 218 g/mol. The van der Waals surface area contributed by atoms with E-state index >= 15 is 0 Å². The first-order chi connectivity index (χ1) is 6.40. The van der Waals surface area contributed by atoms with Gasteiger partial charge in [-0.05, 0) is 12.8 Å². The summed E-state index contributed by atoms with van der Waals surface area (Å²) in [5.74, 6) is -0.0339. The maximum atomic E-state index is 11.8. The van der Waals surface area contributed by atoms with Gasteiger partial charge < -0.3 is 11.5 Å². The molecule has 1 aliphatic carbocycles. The van der Waals surface area contributed by atoms with Crippen LogP contribution in [0.1, 0.15) is 25.7 Å². The van der Waals surface area contributed by atoms with Crippen molar-refractivity contribution in [1.82, 2.24) is 0 Å². The topological polar surface area (TPSA) is 86.2 Å². The molecule has 14 heavy (non-hydrogen) atoms. The second kappa shape index (κ2) is 4.00. The van der Waals surface area contributed by atoms with Crippen LogP contribution in [0.2, 0.25) is 0 Å². The highest BCUT2D eigenvalue weighted by Gasteiger charge is 2.41. The molecule has 1 rings (SSSR count). The van der Waals surface area contributed by atoms with Gasteiger partial charge in [0.1, 0.15) is 0 Å². The predicted molar refractivity (Wildman–Crippen MR) is 57.3 cm³/mol. The number of sulfone groups is 1. The fraction of sp³-hybridized carbons (Fsp3) is 0.778. The van der Waals surface area contributed by atoms with Crippen molar-refractivity contribution in [3.8, 4) is 0 Å². The molecule has 0 aromatic heterocycles. The Morgan fingerprint density at radius 2 is 2.07 bits per heavy atom. The third-order valence-corrected chi connectivity index (χ3v) is 4.95. The monoisotopic (exact) mass is 218 g/mol. The summed E-state index contributed by atoms with van der Waals surface area (Å²) in [5.41, 5.74) is 10.6. The van der Waals surface area contributed by atoms with Gasteiger partial charge in [0.2, 0.25) is 0 Å². The number of hydrogen-bond acceptors (Lipinski definition) is 4. The summed E-state index contributed by atoms with van der Waals surface area (Å²) in [5, 5.41) is -0.609. The molecule has 0 bridgehead atoms. The molecule has 1 saturated carbocycles. The molecule has 0 heterocycles. The van der Waals surface area contributed by atoms with Gasteiger partial charge in [0.15, 0.2) is 9.84 Å². The van der Waals surface area contributed by atoms with E-state index in [1.807, 2.05) is 0 Å². The van der Waals surface area contributed by atoms with Crippen LogP contribution < -0.4 is 11.5 Å². The van der Waals surface area contributed by atoms with Crippen molar-refractivity contribution >= 4 is 9.84 Å². The Morgan fingerprint density at radius 1 is 1.43 bits per heavy atom. The van der Waals surface area contributed by atoms with Crippen LogP contribution in [0, 0.1) is 0 Å². The van der Waals surface area contributed by atoms with E-state index in [1.165, 1.54) is 6.08 Å². The molecule has 0 aromatic carbocycles. The molecule has 82 valence electrons. The molecule has 4 nitrogen and oxygen atoms in total. The Bertz CT molecular complexity index is 309. The van der Waals surface area contributed by atoms with Gasteiger partial charge in [0.05, 0.1) is 16.7 Å². The highest BCUT2D eigenvalue weighted by Crippen LogP contribution is 2.28. The lowest BCUT2D eigenvalue weighted by Gasteiger charge is -2.37. The minimum atomic E-state index is -3.21. The first-order valence-electron chi connectivity index (χ1n) is 4.80. The SMILES string of the molecule is C=CCS(=O)(=O)C1CCCCC1(N)N. The fourth-order valence-corrected chi connectivity index (χ4v) is 3.86. The molecular weight excluding hydrogens is 200 g/mol. The summed E-state index contributed by atoms with van der Waals surface area (Å²) in [6.07, 6.45) is 4.33. The van der Waals surface area contributed by atoms with E-state index in [4.69, 9.17) is 11.5 Å². The van der Waals surface area contributed by atoms with Crippen molar-refractivity contribution in [2.45, 2.75) is 36.6 Å². The Balaban J connectivity index is 2.89. The largest absolute Gasteiger partial charge is 0.312 e. The first-order valence-corrected chi connectivity index (χ1v) is 6.52. The van der Waals surface area contributed by atoms with Gasteiger partial charge in [-0.2, -0.15) is 0 Å². The maximum absolute atomic E-state index is 11.8. The molecule has 4 N–H and O–H groups in total. The van der Waals surface area contributed by atoms with E-state index in [0.29, 0.717) is 12.8 Å². The van der Waals surface area contributed by atoms with Crippen LogP contribution in [0.5, 0.6) is 0 Å². The van der Waals surface area contributed by atoms with E-state index < -0.39 is 20.8 Å². The Hall–Kier alpha value is -0.390. The van der Waals surface area contributed by atoms with Crippen molar-refractivity contribution in [2.24, 2.45) is 11.5 Å². The molecule has 0 amide bonds. The summed E-state index contributed by atoms with van der Waals surface area (Å²) >= 11 is 0. The highest BCUT2D eigenvalue weighted by molar-refractivity contribution is 7.92. The van der Waals surface area contributed by atoms with Crippen LogP contribution >= 0.6 is 0 Å². The molecular formula is C9H18N2O2S. The molecule has 1 aliphatic rings. The van der Waals surface area contributed by atoms with E-state index in [9.17, 15) is 8.42 Å². The van der Waals surface area contributed by atoms with Gasteiger partial charge >= 0.3 is 0 Å². The van der Waals surface area contributed by atoms with Gasteiger partial charge in [-0.15, -0.1) is 6.58 Å². The smallest absolute Gasteiger partial charge is 0.159 e. The zero-order valence-corrected chi connectivity index (χ0v) is 9.09. The minimum absolute atomic E-state index is 0.0339. The summed E-state index contributed by atoms with van der Waals surface area (Å²) in [7, 11) is -3.21. The molecule has 0 radical (unpaired) electrons. The lowest BCUT2D eigenvalue weighted by molar-refractivity contribution is 0.306. The normalized spacial score (nSPS) is 27.1. The third-order valence-electron chi connectivity index (χ3n) is 2.71. The second-order valence-corrected chi connectivity index (χ2v) is 6.19. The van der Waals surface area contributed by atoms with E-state index in [1.54, 1.807) is 0 Å². The van der Waals surface area contributed by atoms with Crippen molar-refractivity contribution in [3.05, 3.63) is 12.7 Å². The van der Waals surface area contributed by atoms with Crippen molar-refractivity contribution in [3.63, 3.8) is 0 Å². The molecule has 0 spiro atoms. The van der Waals surface area contributed by atoms with Gasteiger partial charge in [-0.1, -0.05) is 18.9 Å². The van der Waals surface area contributed by atoms with Crippen LogP contribution in [0.3, 0.4) is 0 Å². The third kappa shape index (κ3) is 2.34. The van der Waals surface area contributed by atoms with Crippen LogP contribution in [0.25, 0.3) is 0 Å². The van der Waals surface area contributed by atoms with Gasteiger partial charge in [-0.3, -0.25) is 0 Å². The summed E-state index contributed by atoms with van der Waals surface area (Å²) in [4.78, 5) is 0. The van der Waals surface area contributed by atoms with Crippen LogP contribution in [0.15, 0.2) is 12.7 Å². The van der Waals surface area contributed by atoms with Gasteiger partial charge in [0, 0.05) is 0 Å². The lowest BCUT2D eigenvalue weighted by Crippen LogP contribution is -2.62. The predicted octanol–water partition coefficient (Wildman–Crippen LogP) is 0.144. The molecule has 0 aliphatic heterocycles. The molecule has 1 fully saturated rings. The van der Waals surface area contributed by atoms with E-state index in [2.05, 4.69) is 6.58 Å². The molecule has 0 saturated heterocycles. The van der Waals surface area contributed by atoms with Crippen molar-refractivity contribution in [2.75, 3.05) is 5.75 Å². The molecule has 1 unspecified atom stereocenters. The maximum Gasteiger partial charge on any atom is 0.159 e. The van der Waals surface area contributed by atoms with E-state index in [0.717, 1.165) is 12.8 Å². The van der Waals surface area contributed by atoms with Crippen LogP contribution in [-0.4, -0.2) is 25.1 Å². The van der Waals surface area contributed by atoms with Gasteiger partial charge in [0.25, 0.3) is 0 Å². The fourth-order valence-electron chi connectivity index (χ4n) is 1.98. The molecule has 5 heteroatoms. The second-order valence-electron chi connectivity index (χ2n) is 3.96. The van der Waals surface area contributed by atoms with E-state index in [-0.39, 0.29) is 5.75 Å². The number of hydrogen-bond donors (Lipinski definition) is 2. The summed E-state index contributed by atoms with van der Waals surface area (Å²) in [6, 6.07) is 0. The first kappa shape index (κ1) is 11.7. The highest BCUT2D eigenvalue weighted by atomic mass is 32.2. The lowest BCUT2D eigenvalue weighted by atomic mass is 9.90. The standard InChI is InChI=1S/C9H18N2O2S/c1-2-7-14(12,13)8-5-3-4-6-9(8,10)11/h2,8H,1,3-7,10-11H2. The summed E-state index contributed by atoms with van der Waals surface area (Å²) in [6.45, 7) is 3.43. The molecule has 0 aromatic rings. The van der Waals surface area contributed by atoms with Crippen LogP contribution in [0.4, 0.5) is 0 Å². The number of rotatable bonds is 3. The van der Waals surface area contributed by atoms with Crippen molar-refractivity contribution in [1.29, 1.82) is 0 Å². The Labute approximate surface area is 85.3 Å². The quantitative estimate of drug-likeness (QED) is 0.521. The van der Waals surface area contributed by atoms with Gasteiger partial charge in [-0.25, -0.2) is 8.42 Å². The average Bonchev–Trinajstić information content (AvgIpc) is 2.02. The Morgan fingerprint density at radius 3 is 2.57 bits per heavy atom. The number of nitrogens with two attached hydrogens (primary N) is 2. The summed E-state index contributed by atoms with van der Waals surface area (Å²) < 4.78 is 23.5. The minimum Gasteiger partial charge on any atom is -0.312 e. The zero-order valence-electron chi connectivity index (χ0n) is 8.28. The van der Waals surface area contributed by atoms with Crippen LogP contribution in [-0.2, 0) is 9.84 Å². The zero-order chi connectivity index (χ0) is 10.8. The Kier molecular flexibility index (Phi) is 3.34. The molecule has 1 atom stereocenters. The van der Waals surface area contributed by atoms with Crippen molar-refractivity contribution < 1.29 is 8.42 Å².